The molecule has 5 heteroatoms. The van der Waals surface area contributed by atoms with Crippen molar-refractivity contribution >= 4 is 0 Å². The number of rotatable bonds is 2. The van der Waals surface area contributed by atoms with E-state index in [1.165, 1.54) is 6.07 Å². The number of aromatic nitrogens is 4. The summed E-state index contributed by atoms with van der Waals surface area (Å²) in [6.45, 7) is 4.03. The fourth-order valence-electron chi connectivity index (χ4n) is 1.16. The number of aromatic amines is 1. The van der Waals surface area contributed by atoms with Crippen LogP contribution in [0.2, 0.25) is 0 Å². The van der Waals surface area contributed by atoms with Crippen LogP contribution in [0.1, 0.15) is 25.6 Å². The first-order valence-corrected chi connectivity index (χ1v) is 4.71. The van der Waals surface area contributed by atoms with Crippen molar-refractivity contribution in [1.82, 2.24) is 20.2 Å². The molecule has 0 spiro atoms. The molecule has 4 nitrogen and oxygen atoms in total. The van der Waals surface area contributed by atoms with Gasteiger partial charge in [-0.05, 0) is 12.1 Å². The van der Waals surface area contributed by atoms with E-state index in [1.54, 1.807) is 6.07 Å². The van der Waals surface area contributed by atoms with Gasteiger partial charge in [-0.2, -0.15) is 5.10 Å². The second-order valence-corrected chi connectivity index (χ2v) is 3.56. The molecule has 2 aromatic rings. The third-order valence-corrected chi connectivity index (χ3v) is 2.01. The Labute approximate surface area is 86.6 Å². The van der Waals surface area contributed by atoms with Crippen LogP contribution in [0.3, 0.4) is 0 Å². The highest BCUT2D eigenvalue weighted by Gasteiger charge is 2.09. The summed E-state index contributed by atoms with van der Waals surface area (Å²) in [6, 6.07) is 2.90. The van der Waals surface area contributed by atoms with Crippen LogP contribution in [0, 0.1) is 5.82 Å². The van der Waals surface area contributed by atoms with E-state index < -0.39 is 0 Å². The van der Waals surface area contributed by atoms with Crippen molar-refractivity contribution in [3.63, 3.8) is 0 Å². The average molecular weight is 206 g/mol. The molecule has 0 bridgehead atoms. The summed E-state index contributed by atoms with van der Waals surface area (Å²) in [5, 5.41) is 6.84. The molecule has 15 heavy (non-hydrogen) atoms. The Hall–Kier alpha value is -1.78. The largest absolute Gasteiger partial charge is 0.262 e. The molecule has 0 saturated heterocycles. The molecule has 1 N–H and O–H groups in total. The molecule has 0 radical (unpaired) electrons. The van der Waals surface area contributed by atoms with Gasteiger partial charge in [-0.1, -0.05) is 13.8 Å². The van der Waals surface area contributed by atoms with Gasteiger partial charge in [-0.3, -0.25) is 5.10 Å². The number of nitrogens with zero attached hydrogens (tertiary/aromatic N) is 3. The normalized spacial score (nSPS) is 10.9. The first-order chi connectivity index (χ1) is 7.16. The molecule has 0 aliphatic heterocycles. The van der Waals surface area contributed by atoms with Crippen LogP contribution in [0.4, 0.5) is 4.39 Å². The second-order valence-electron chi connectivity index (χ2n) is 3.56. The predicted molar refractivity (Wildman–Crippen MR) is 53.7 cm³/mol. The predicted octanol–water partition coefficient (Wildman–Crippen LogP) is 2.13. The quantitative estimate of drug-likeness (QED) is 0.818. The first-order valence-electron chi connectivity index (χ1n) is 4.71. The zero-order chi connectivity index (χ0) is 10.8. The summed E-state index contributed by atoms with van der Waals surface area (Å²) in [5.41, 5.74) is 0.569. The van der Waals surface area contributed by atoms with Crippen LogP contribution in [-0.4, -0.2) is 20.2 Å². The maximum absolute atomic E-state index is 12.6. The Balaban J connectivity index is 2.33. The van der Waals surface area contributed by atoms with Gasteiger partial charge in [0.1, 0.15) is 17.3 Å². The molecule has 0 saturated carbocycles. The minimum atomic E-state index is -0.363. The third-order valence-electron chi connectivity index (χ3n) is 2.01. The lowest BCUT2D eigenvalue weighted by Crippen LogP contribution is -1.90. The number of hydrogen-bond acceptors (Lipinski definition) is 3. The number of halogens is 1. The van der Waals surface area contributed by atoms with Gasteiger partial charge in [0.15, 0.2) is 5.82 Å². The molecule has 0 atom stereocenters. The highest BCUT2D eigenvalue weighted by molar-refractivity contribution is 5.47. The zero-order valence-electron chi connectivity index (χ0n) is 8.53. The lowest BCUT2D eigenvalue weighted by atomic mass is 10.2. The molecule has 0 aromatic carbocycles. The maximum atomic E-state index is 12.6. The lowest BCUT2D eigenvalue weighted by Gasteiger charge is -1.95. The molecule has 0 fully saturated rings. The summed E-state index contributed by atoms with van der Waals surface area (Å²) in [4.78, 5) is 8.16. The number of pyridine rings is 1. The van der Waals surface area contributed by atoms with Crippen molar-refractivity contribution in [2.24, 2.45) is 0 Å². The summed E-state index contributed by atoms with van der Waals surface area (Å²) >= 11 is 0. The summed E-state index contributed by atoms with van der Waals surface area (Å²) in [5.74, 6) is 1.22. The van der Waals surface area contributed by atoms with E-state index in [2.05, 4.69) is 20.2 Å². The van der Waals surface area contributed by atoms with Gasteiger partial charge in [-0.25, -0.2) is 14.4 Å². The molecule has 2 heterocycles. The number of H-pyrrole nitrogens is 1. The highest BCUT2D eigenvalue weighted by atomic mass is 19.1. The monoisotopic (exact) mass is 206 g/mol. The van der Waals surface area contributed by atoms with E-state index >= 15 is 0 Å². The van der Waals surface area contributed by atoms with Crippen molar-refractivity contribution in [3.05, 3.63) is 30.0 Å². The van der Waals surface area contributed by atoms with Gasteiger partial charge in [0.25, 0.3) is 0 Å². The zero-order valence-corrected chi connectivity index (χ0v) is 8.53. The Morgan fingerprint density at radius 3 is 2.67 bits per heavy atom. The van der Waals surface area contributed by atoms with Crippen molar-refractivity contribution in [2.45, 2.75) is 19.8 Å². The Kier molecular flexibility index (Phi) is 2.45. The number of hydrogen-bond donors (Lipinski definition) is 1. The minimum absolute atomic E-state index is 0.284. The van der Waals surface area contributed by atoms with Crippen LogP contribution in [0.15, 0.2) is 18.3 Å². The first kappa shape index (κ1) is 9.76. The molecule has 0 aliphatic rings. The van der Waals surface area contributed by atoms with Gasteiger partial charge >= 0.3 is 0 Å². The topological polar surface area (TPSA) is 54.5 Å². The van der Waals surface area contributed by atoms with Crippen LogP contribution in [0.25, 0.3) is 11.5 Å². The van der Waals surface area contributed by atoms with E-state index in [0.717, 1.165) is 12.0 Å². The minimum Gasteiger partial charge on any atom is -0.262 e. The summed E-state index contributed by atoms with van der Waals surface area (Å²) in [7, 11) is 0. The SMILES string of the molecule is CC(C)c1nc(-c2ccc(F)cn2)n[nH]1. The molecule has 2 rings (SSSR count). The van der Waals surface area contributed by atoms with Gasteiger partial charge in [0, 0.05) is 5.92 Å². The Bertz CT molecular complexity index is 447. The van der Waals surface area contributed by atoms with E-state index in [-0.39, 0.29) is 11.7 Å². The van der Waals surface area contributed by atoms with Crippen LogP contribution in [0.5, 0.6) is 0 Å². The van der Waals surface area contributed by atoms with Crippen molar-refractivity contribution in [1.29, 1.82) is 0 Å². The number of nitrogens with one attached hydrogen (secondary N) is 1. The van der Waals surface area contributed by atoms with Crippen molar-refractivity contribution < 1.29 is 4.39 Å². The van der Waals surface area contributed by atoms with Gasteiger partial charge in [0.2, 0.25) is 0 Å². The average Bonchev–Trinajstić information content (AvgIpc) is 2.68. The molecular weight excluding hydrogens is 195 g/mol. The van der Waals surface area contributed by atoms with E-state index in [9.17, 15) is 4.39 Å². The fourth-order valence-corrected chi connectivity index (χ4v) is 1.16. The van der Waals surface area contributed by atoms with E-state index in [1.807, 2.05) is 13.8 Å². The van der Waals surface area contributed by atoms with Gasteiger partial charge < -0.3 is 0 Å². The molecular formula is C10H11FN4. The summed E-state index contributed by atoms with van der Waals surface area (Å²) < 4.78 is 12.6. The molecule has 0 amide bonds. The van der Waals surface area contributed by atoms with Crippen LogP contribution in [-0.2, 0) is 0 Å². The molecule has 0 unspecified atom stereocenters. The molecule has 78 valence electrons. The Morgan fingerprint density at radius 1 is 1.33 bits per heavy atom. The molecule has 2 aromatic heterocycles. The van der Waals surface area contributed by atoms with Crippen molar-refractivity contribution in [2.75, 3.05) is 0 Å². The van der Waals surface area contributed by atoms with E-state index in [4.69, 9.17) is 0 Å². The fraction of sp³-hybridized carbons (Fsp3) is 0.300. The lowest BCUT2D eigenvalue weighted by molar-refractivity contribution is 0.621. The Morgan fingerprint density at radius 2 is 2.13 bits per heavy atom. The maximum Gasteiger partial charge on any atom is 0.199 e. The van der Waals surface area contributed by atoms with Gasteiger partial charge in [0.05, 0.1) is 6.20 Å². The van der Waals surface area contributed by atoms with Crippen LogP contribution < -0.4 is 0 Å². The third kappa shape index (κ3) is 2.01. The van der Waals surface area contributed by atoms with Gasteiger partial charge in [-0.15, -0.1) is 0 Å². The van der Waals surface area contributed by atoms with Crippen LogP contribution >= 0.6 is 0 Å². The highest BCUT2D eigenvalue weighted by Crippen LogP contribution is 2.15. The summed E-state index contributed by atoms with van der Waals surface area (Å²) in [6.07, 6.45) is 1.15. The second kappa shape index (κ2) is 3.76. The van der Waals surface area contributed by atoms with Crippen molar-refractivity contribution in [3.8, 4) is 11.5 Å². The standard InChI is InChI=1S/C10H11FN4/c1-6(2)9-13-10(15-14-9)8-4-3-7(11)5-12-8/h3-6H,1-2H3,(H,13,14,15). The van der Waals surface area contributed by atoms with E-state index in [0.29, 0.717) is 11.5 Å². The molecule has 0 aliphatic carbocycles. The smallest absolute Gasteiger partial charge is 0.199 e.